The maximum Gasteiger partial charge on any atom is 0.407 e. The van der Waals surface area contributed by atoms with Crippen LogP contribution in [0.15, 0.2) is 36.4 Å². The standard InChI is InChI=1S/C44H52F2N6O4Si/c1-25(2)57(26(3)4,27(5)6)19-16-29-11-7-10-28-12-8-13-32(35(28)29)38-37(46)39-36-40(49-42(48-39)56-24-44-17-9-18-50(44)21-30(45)20-44)51-22-31-14-15-33(52(31)43(53)54)34(51)23-55-41(36)47-38/h7-8,10-13,25-27,30-31,33-34H,9,14-15,17-18,20-24H2,1-6H3,(H,53,54)/t30-,31?,33?,34?,44+/m1/s1. The van der Waals surface area contributed by atoms with Gasteiger partial charge in [0.05, 0.1) is 23.7 Å². The molecule has 0 saturated carbocycles. The van der Waals surface area contributed by atoms with Crippen LogP contribution in [0.5, 0.6) is 11.9 Å². The molecule has 2 aromatic carbocycles. The van der Waals surface area contributed by atoms with Gasteiger partial charge >= 0.3 is 12.1 Å². The summed E-state index contributed by atoms with van der Waals surface area (Å²) >= 11 is 0. The third-order valence-corrected chi connectivity index (χ3v) is 20.4. The fourth-order valence-electron chi connectivity index (χ4n) is 11.5. The molecule has 4 aromatic rings. The van der Waals surface area contributed by atoms with E-state index in [-0.39, 0.29) is 54.4 Å². The van der Waals surface area contributed by atoms with Crippen molar-refractivity contribution in [2.45, 2.75) is 120 Å². The van der Waals surface area contributed by atoms with Crippen molar-refractivity contribution in [3.05, 3.63) is 47.8 Å². The van der Waals surface area contributed by atoms with E-state index in [9.17, 15) is 14.3 Å². The summed E-state index contributed by atoms with van der Waals surface area (Å²) < 4.78 is 45.3. The number of fused-ring (bicyclic) bond motifs is 7. The maximum absolute atomic E-state index is 17.6. The average Bonchev–Trinajstić information content (AvgIpc) is 3.78. The van der Waals surface area contributed by atoms with Gasteiger partial charge in [-0.05, 0) is 60.3 Å². The van der Waals surface area contributed by atoms with E-state index in [1.807, 2.05) is 36.4 Å². The van der Waals surface area contributed by atoms with Crippen LogP contribution in [0.2, 0.25) is 16.6 Å². The Morgan fingerprint density at radius 3 is 2.51 bits per heavy atom. The van der Waals surface area contributed by atoms with E-state index in [2.05, 4.69) is 62.8 Å². The maximum atomic E-state index is 17.6. The van der Waals surface area contributed by atoms with E-state index in [1.54, 1.807) is 4.90 Å². The lowest BCUT2D eigenvalue weighted by Crippen LogP contribution is -2.62. The molecule has 1 amide bonds. The van der Waals surface area contributed by atoms with E-state index in [0.29, 0.717) is 65.7 Å². The number of pyridine rings is 1. The summed E-state index contributed by atoms with van der Waals surface area (Å²) in [6, 6.07) is 10.8. The molecular weight excluding hydrogens is 743 g/mol. The second kappa shape index (κ2) is 14.1. The number of aromatic nitrogens is 3. The molecule has 13 heteroatoms. The second-order valence-electron chi connectivity index (χ2n) is 17.9. The summed E-state index contributed by atoms with van der Waals surface area (Å²) in [6.45, 7) is 15.6. The van der Waals surface area contributed by atoms with Gasteiger partial charge in [0, 0.05) is 36.0 Å². The Morgan fingerprint density at radius 2 is 1.77 bits per heavy atom. The van der Waals surface area contributed by atoms with Gasteiger partial charge in [0.25, 0.3) is 0 Å². The fraction of sp³-hybridized carbons (Fsp3) is 0.545. The molecule has 1 N–H and O–H groups in total. The van der Waals surface area contributed by atoms with Crippen LogP contribution < -0.4 is 14.4 Å². The van der Waals surface area contributed by atoms with Gasteiger partial charge in [0.2, 0.25) is 5.88 Å². The number of amides is 1. The van der Waals surface area contributed by atoms with E-state index in [4.69, 9.17) is 24.4 Å². The van der Waals surface area contributed by atoms with Gasteiger partial charge in [-0.25, -0.2) is 18.6 Å². The lowest BCUT2D eigenvalue weighted by molar-refractivity contribution is 0.0906. The zero-order chi connectivity index (χ0) is 40.0. The zero-order valence-corrected chi connectivity index (χ0v) is 34.7. The highest BCUT2D eigenvalue weighted by atomic mass is 28.3. The van der Waals surface area contributed by atoms with E-state index in [1.165, 1.54) is 0 Å². The van der Waals surface area contributed by atoms with Crippen LogP contribution in [0.25, 0.3) is 32.9 Å². The van der Waals surface area contributed by atoms with Gasteiger partial charge in [-0.15, -0.1) is 5.54 Å². The Kier molecular flexibility index (Phi) is 9.39. The summed E-state index contributed by atoms with van der Waals surface area (Å²) in [4.78, 5) is 32.9. The minimum absolute atomic E-state index is 0.00137. The summed E-state index contributed by atoms with van der Waals surface area (Å²) in [6.07, 6.45) is 1.63. The molecule has 57 heavy (non-hydrogen) atoms. The van der Waals surface area contributed by atoms with Crippen LogP contribution in [-0.2, 0) is 0 Å². The molecule has 0 radical (unpaired) electrons. The van der Waals surface area contributed by atoms with Crippen molar-refractivity contribution in [2.24, 2.45) is 0 Å². The van der Waals surface area contributed by atoms with E-state index in [0.717, 1.165) is 35.7 Å². The molecule has 5 aliphatic rings. The van der Waals surface area contributed by atoms with Crippen LogP contribution in [-0.4, -0.2) is 107 Å². The lowest BCUT2D eigenvalue weighted by Gasteiger charge is -2.45. The Morgan fingerprint density at radius 1 is 1.02 bits per heavy atom. The third-order valence-electron chi connectivity index (χ3n) is 14.1. The number of piperazine rings is 1. The number of hydrogen-bond acceptors (Lipinski definition) is 8. The molecule has 3 unspecified atom stereocenters. The molecule has 2 aromatic heterocycles. The van der Waals surface area contributed by atoms with Gasteiger partial charge in [-0.1, -0.05) is 77.8 Å². The molecule has 10 nitrogen and oxygen atoms in total. The van der Waals surface area contributed by atoms with Crippen molar-refractivity contribution in [2.75, 3.05) is 37.7 Å². The van der Waals surface area contributed by atoms with Gasteiger partial charge in [0.15, 0.2) is 5.82 Å². The number of carboxylic acid groups (broad SMARTS) is 1. The normalized spacial score (nSPS) is 25.5. The second-order valence-corrected chi connectivity index (χ2v) is 23.5. The molecule has 300 valence electrons. The van der Waals surface area contributed by atoms with Crippen molar-refractivity contribution in [1.29, 1.82) is 0 Å². The molecule has 5 atom stereocenters. The van der Waals surface area contributed by atoms with E-state index < -0.39 is 31.7 Å². The number of hydrogen-bond donors (Lipinski definition) is 1. The number of carbonyl (C=O) groups is 1. The number of benzene rings is 2. The molecule has 2 bridgehead atoms. The highest BCUT2D eigenvalue weighted by Crippen LogP contribution is 2.47. The Balaban J connectivity index is 1.22. The van der Waals surface area contributed by atoms with Crippen LogP contribution in [0.1, 0.15) is 79.2 Å². The Labute approximate surface area is 334 Å². The first-order chi connectivity index (χ1) is 27.3. The third kappa shape index (κ3) is 5.95. The van der Waals surface area contributed by atoms with Crippen molar-refractivity contribution >= 4 is 41.7 Å². The van der Waals surface area contributed by atoms with Crippen molar-refractivity contribution < 1.29 is 28.2 Å². The van der Waals surface area contributed by atoms with Crippen molar-refractivity contribution in [1.82, 2.24) is 24.8 Å². The highest BCUT2D eigenvalue weighted by molar-refractivity contribution is 6.90. The number of rotatable bonds is 7. The molecule has 9 rings (SSSR count). The fourth-order valence-corrected chi connectivity index (χ4v) is 16.7. The summed E-state index contributed by atoms with van der Waals surface area (Å²) in [5, 5.41) is 12.3. The molecular formula is C44H52F2N6O4Si. The number of alkyl halides is 1. The van der Waals surface area contributed by atoms with Crippen molar-refractivity contribution in [3.8, 4) is 34.6 Å². The molecule has 4 saturated heterocycles. The monoisotopic (exact) mass is 794 g/mol. The Bertz CT molecular complexity index is 2300. The van der Waals surface area contributed by atoms with Gasteiger partial charge in [0.1, 0.15) is 49.9 Å². The largest absolute Gasteiger partial charge is 0.475 e. The highest BCUT2D eigenvalue weighted by Gasteiger charge is 2.52. The number of anilines is 1. The quantitative estimate of drug-likeness (QED) is 0.146. The molecule has 7 heterocycles. The van der Waals surface area contributed by atoms with Crippen LogP contribution in [0, 0.1) is 17.3 Å². The van der Waals surface area contributed by atoms with Crippen LogP contribution >= 0.6 is 0 Å². The molecule has 0 aliphatic carbocycles. The number of nitrogens with zero attached hydrogens (tertiary/aromatic N) is 6. The number of ether oxygens (including phenoxy) is 2. The summed E-state index contributed by atoms with van der Waals surface area (Å²) in [5.41, 5.74) is 6.22. The van der Waals surface area contributed by atoms with Crippen molar-refractivity contribution in [3.63, 3.8) is 0 Å². The smallest absolute Gasteiger partial charge is 0.407 e. The molecule has 4 fully saturated rings. The summed E-state index contributed by atoms with van der Waals surface area (Å²) in [7, 11) is -2.10. The average molecular weight is 795 g/mol. The Hall–Kier alpha value is -4.54. The molecule has 5 aliphatic heterocycles. The first-order valence-corrected chi connectivity index (χ1v) is 22.9. The lowest BCUT2D eigenvalue weighted by atomic mass is 9.95. The van der Waals surface area contributed by atoms with Gasteiger partial charge in [-0.3, -0.25) is 9.80 Å². The van der Waals surface area contributed by atoms with Gasteiger partial charge < -0.3 is 19.5 Å². The topological polar surface area (TPSA) is 104 Å². The van der Waals surface area contributed by atoms with E-state index >= 15 is 4.39 Å². The predicted molar refractivity (Wildman–Crippen MR) is 220 cm³/mol. The molecule has 0 spiro atoms. The minimum Gasteiger partial charge on any atom is -0.475 e. The zero-order valence-electron chi connectivity index (χ0n) is 33.7. The predicted octanol–water partition coefficient (Wildman–Crippen LogP) is 8.60. The number of halogens is 2. The van der Waals surface area contributed by atoms with Gasteiger partial charge in [-0.2, -0.15) is 9.97 Å². The first-order valence-electron chi connectivity index (χ1n) is 20.7. The minimum atomic E-state index is -2.10. The SMILES string of the molecule is CC(C)[Si](C#Cc1cccc2cccc(-c3nc4c5c(nc(OC[C@@]67CCCN6C[C@H](F)C7)nc5c3F)N3CC5CCC(C3CO4)N5C(=O)O)c12)(C(C)C)C(C)C. The first kappa shape index (κ1) is 38.0. The van der Waals surface area contributed by atoms with Crippen LogP contribution in [0.4, 0.5) is 19.4 Å². The van der Waals surface area contributed by atoms with Crippen LogP contribution in [0.3, 0.4) is 0 Å². The summed E-state index contributed by atoms with van der Waals surface area (Å²) in [5.74, 6) is 3.61.